The molecule has 0 aliphatic heterocycles. The normalized spacial score (nSPS) is 10.7. The van der Waals surface area contributed by atoms with Crippen LogP contribution in [0.1, 0.15) is 0 Å². The van der Waals surface area contributed by atoms with Gasteiger partial charge in [0.05, 0.1) is 21.3 Å². The lowest BCUT2D eigenvalue weighted by atomic mass is 10.3. The van der Waals surface area contributed by atoms with Crippen molar-refractivity contribution in [1.29, 1.82) is 0 Å². The highest BCUT2D eigenvalue weighted by atomic mass is 35.5. The lowest BCUT2D eigenvalue weighted by Crippen LogP contribution is -1.98. The van der Waals surface area contributed by atoms with Gasteiger partial charge in [-0.1, -0.05) is 46.6 Å². The van der Waals surface area contributed by atoms with Crippen molar-refractivity contribution in [2.45, 2.75) is 9.79 Å². The molecule has 0 aromatic heterocycles. The van der Waals surface area contributed by atoms with E-state index in [-0.39, 0.29) is 21.3 Å². The molecule has 4 N–H and O–H groups in total. The van der Waals surface area contributed by atoms with Crippen LogP contribution >= 0.6 is 46.6 Å². The van der Waals surface area contributed by atoms with E-state index in [2.05, 4.69) is 0 Å². The average molecular weight is 338 g/mol. The van der Waals surface area contributed by atoms with Crippen molar-refractivity contribution in [1.82, 2.24) is 0 Å². The lowest BCUT2D eigenvalue weighted by Gasteiger charge is -2.11. The van der Waals surface area contributed by atoms with Crippen molar-refractivity contribution in [3.05, 3.63) is 45.2 Å². The summed E-state index contributed by atoms with van der Waals surface area (Å²) < 4.78 is 14.1. The van der Waals surface area contributed by atoms with Crippen molar-refractivity contribution < 1.29 is 4.39 Å². The molecule has 0 bridgehead atoms. The van der Waals surface area contributed by atoms with Gasteiger partial charge in [-0.2, -0.15) is 0 Å². The second-order valence-electron chi connectivity index (χ2n) is 3.69. The zero-order valence-electron chi connectivity index (χ0n) is 9.38. The topological polar surface area (TPSA) is 52.0 Å². The third kappa shape index (κ3) is 3.03. The van der Waals surface area contributed by atoms with Crippen LogP contribution in [0.5, 0.6) is 0 Å². The van der Waals surface area contributed by atoms with Crippen molar-refractivity contribution in [2.24, 2.45) is 0 Å². The van der Waals surface area contributed by atoms with Gasteiger partial charge in [-0.3, -0.25) is 0 Å². The molecule has 0 radical (unpaired) electrons. The minimum absolute atomic E-state index is 0.0956. The number of hydrogen-bond acceptors (Lipinski definition) is 3. The predicted octanol–water partition coefficient (Wildman–Crippen LogP) is 5.10. The quantitative estimate of drug-likeness (QED) is 0.749. The molecular weight excluding hydrogens is 330 g/mol. The van der Waals surface area contributed by atoms with E-state index in [1.54, 1.807) is 18.2 Å². The summed E-state index contributed by atoms with van der Waals surface area (Å²) in [5, 5.41) is 0.781. The Morgan fingerprint density at radius 3 is 2.37 bits per heavy atom. The SMILES string of the molecule is Nc1cc(N)c(Sc2cc(Cl)ccc2Cl)c(F)c1Cl. The van der Waals surface area contributed by atoms with Crippen molar-refractivity contribution >= 4 is 57.9 Å². The molecule has 19 heavy (non-hydrogen) atoms. The molecule has 2 aromatic carbocycles. The van der Waals surface area contributed by atoms with Gasteiger partial charge in [0, 0.05) is 9.92 Å². The first-order valence-corrected chi connectivity index (χ1v) is 7.01. The van der Waals surface area contributed by atoms with Gasteiger partial charge < -0.3 is 11.5 Å². The smallest absolute Gasteiger partial charge is 0.159 e. The number of hydrogen-bond donors (Lipinski definition) is 2. The van der Waals surface area contributed by atoms with Crippen LogP contribution in [0.2, 0.25) is 15.1 Å². The zero-order chi connectivity index (χ0) is 14.2. The number of halogens is 4. The van der Waals surface area contributed by atoms with Crippen LogP contribution in [0.4, 0.5) is 15.8 Å². The number of anilines is 2. The second-order valence-corrected chi connectivity index (χ2v) is 5.96. The van der Waals surface area contributed by atoms with Crippen molar-refractivity contribution in [2.75, 3.05) is 11.5 Å². The second kappa shape index (κ2) is 5.67. The van der Waals surface area contributed by atoms with Crippen molar-refractivity contribution in [3.8, 4) is 0 Å². The molecular formula is C12H8Cl3FN2S. The molecule has 0 saturated heterocycles. The van der Waals surface area contributed by atoms with E-state index >= 15 is 0 Å². The molecule has 0 atom stereocenters. The van der Waals surface area contributed by atoms with E-state index in [0.29, 0.717) is 14.9 Å². The molecule has 2 aromatic rings. The first kappa shape index (κ1) is 14.6. The highest BCUT2D eigenvalue weighted by Crippen LogP contribution is 2.42. The van der Waals surface area contributed by atoms with Gasteiger partial charge >= 0.3 is 0 Å². The summed E-state index contributed by atoms with van der Waals surface area (Å²) in [6, 6.07) is 6.30. The van der Waals surface area contributed by atoms with Crippen LogP contribution in [0.15, 0.2) is 34.1 Å². The van der Waals surface area contributed by atoms with E-state index in [1.165, 1.54) is 6.07 Å². The highest BCUT2D eigenvalue weighted by Gasteiger charge is 2.16. The minimum atomic E-state index is -0.666. The number of benzene rings is 2. The Morgan fingerprint density at radius 2 is 1.68 bits per heavy atom. The summed E-state index contributed by atoms with van der Waals surface area (Å²) in [4.78, 5) is 0.754. The molecule has 0 fully saturated rings. The Bertz CT molecular complexity index is 649. The number of nitrogen functional groups attached to an aromatic ring is 2. The van der Waals surface area contributed by atoms with Gasteiger partial charge in [0.2, 0.25) is 0 Å². The Balaban J connectivity index is 2.49. The van der Waals surface area contributed by atoms with Gasteiger partial charge in [-0.05, 0) is 24.3 Å². The van der Waals surface area contributed by atoms with Gasteiger partial charge in [-0.15, -0.1) is 0 Å². The van der Waals surface area contributed by atoms with Gasteiger partial charge in [0.1, 0.15) is 5.02 Å². The fourth-order valence-corrected chi connectivity index (χ4v) is 3.03. The fourth-order valence-electron chi connectivity index (χ4n) is 1.42. The summed E-state index contributed by atoms with van der Waals surface area (Å²) in [6.45, 7) is 0. The van der Waals surface area contributed by atoms with Crippen LogP contribution in [-0.4, -0.2) is 0 Å². The maximum atomic E-state index is 14.1. The van der Waals surface area contributed by atoms with E-state index in [9.17, 15) is 4.39 Å². The van der Waals surface area contributed by atoms with Crippen molar-refractivity contribution in [3.63, 3.8) is 0 Å². The van der Waals surface area contributed by atoms with Crippen LogP contribution in [0, 0.1) is 5.82 Å². The number of rotatable bonds is 2. The first-order valence-electron chi connectivity index (χ1n) is 5.06. The fraction of sp³-hybridized carbons (Fsp3) is 0. The monoisotopic (exact) mass is 336 g/mol. The predicted molar refractivity (Wildman–Crippen MR) is 80.8 cm³/mol. The molecule has 100 valence electrons. The van der Waals surface area contributed by atoms with Gasteiger partial charge in [0.15, 0.2) is 5.82 Å². The summed E-state index contributed by atoms with van der Waals surface area (Å²) >= 11 is 18.7. The van der Waals surface area contributed by atoms with Crippen LogP contribution in [0.3, 0.4) is 0 Å². The van der Waals surface area contributed by atoms with Crippen LogP contribution in [-0.2, 0) is 0 Å². The van der Waals surface area contributed by atoms with Gasteiger partial charge in [-0.25, -0.2) is 4.39 Å². The highest BCUT2D eigenvalue weighted by molar-refractivity contribution is 7.99. The number of nitrogens with two attached hydrogens (primary N) is 2. The Hall–Kier alpha value is -0.810. The molecule has 2 rings (SSSR count). The van der Waals surface area contributed by atoms with Crippen LogP contribution in [0.25, 0.3) is 0 Å². The third-order valence-electron chi connectivity index (χ3n) is 2.32. The Labute approximate surface area is 128 Å². The molecule has 0 amide bonds. The van der Waals surface area contributed by atoms with E-state index in [1.807, 2.05) is 0 Å². The molecule has 0 spiro atoms. The van der Waals surface area contributed by atoms with E-state index < -0.39 is 5.82 Å². The molecule has 0 aliphatic carbocycles. The summed E-state index contributed by atoms with van der Waals surface area (Å²) in [5.41, 5.74) is 11.6. The molecule has 2 nitrogen and oxygen atoms in total. The summed E-state index contributed by atoms with van der Waals surface area (Å²) in [5.74, 6) is -0.666. The molecule has 0 unspecified atom stereocenters. The standard InChI is InChI=1S/C12H8Cl3FN2S/c13-5-1-2-6(14)9(3-5)19-12-8(18)4-7(17)10(15)11(12)16/h1-4H,17-18H2. The maximum absolute atomic E-state index is 14.1. The van der Waals surface area contributed by atoms with Crippen LogP contribution < -0.4 is 11.5 Å². The molecule has 7 heteroatoms. The zero-order valence-corrected chi connectivity index (χ0v) is 12.5. The largest absolute Gasteiger partial charge is 0.398 e. The van der Waals surface area contributed by atoms with E-state index in [4.69, 9.17) is 46.3 Å². The first-order chi connectivity index (χ1) is 8.90. The Kier molecular flexibility index (Phi) is 4.36. The Morgan fingerprint density at radius 1 is 1.00 bits per heavy atom. The third-order valence-corrected chi connectivity index (χ3v) is 4.56. The molecule has 0 heterocycles. The lowest BCUT2D eigenvalue weighted by molar-refractivity contribution is 0.604. The van der Waals surface area contributed by atoms with E-state index in [0.717, 1.165) is 11.8 Å². The van der Waals surface area contributed by atoms with Gasteiger partial charge in [0.25, 0.3) is 0 Å². The molecule has 0 saturated carbocycles. The maximum Gasteiger partial charge on any atom is 0.159 e. The average Bonchev–Trinajstić information content (AvgIpc) is 2.36. The molecule has 0 aliphatic rings. The summed E-state index contributed by atoms with van der Waals surface area (Å²) in [6.07, 6.45) is 0. The minimum Gasteiger partial charge on any atom is -0.398 e. The summed E-state index contributed by atoms with van der Waals surface area (Å²) in [7, 11) is 0.